The van der Waals surface area contributed by atoms with E-state index in [4.69, 9.17) is 0 Å². The van der Waals surface area contributed by atoms with Gasteiger partial charge in [0.15, 0.2) is 11.6 Å². The van der Waals surface area contributed by atoms with E-state index in [0.29, 0.717) is 17.5 Å². The fourth-order valence-electron chi connectivity index (χ4n) is 3.58. The summed E-state index contributed by atoms with van der Waals surface area (Å²) >= 11 is 1.32. The van der Waals surface area contributed by atoms with Crippen LogP contribution in [-0.4, -0.2) is 61.1 Å². The molecule has 8 heteroatoms. The Bertz CT molecular complexity index is 938. The van der Waals surface area contributed by atoms with Crippen molar-refractivity contribution in [2.45, 2.75) is 23.4 Å². The molecule has 1 aliphatic heterocycles. The molecule has 3 rings (SSSR count). The molecule has 2 amide bonds. The van der Waals surface area contributed by atoms with E-state index < -0.39 is 11.6 Å². The number of likely N-dealkylation sites (tertiary alicyclic amines) is 1. The molecule has 0 bridgehead atoms. The minimum Gasteiger partial charge on any atom is -0.348 e. The molecule has 0 saturated carbocycles. The Morgan fingerprint density at radius 1 is 1.17 bits per heavy atom. The van der Waals surface area contributed by atoms with Crippen molar-refractivity contribution < 1.29 is 18.4 Å². The van der Waals surface area contributed by atoms with Crippen LogP contribution in [0.2, 0.25) is 0 Å². The molecule has 0 spiro atoms. The second-order valence-corrected chi connectivity index (χ2v) is 8.56. The van der Waals surface area contributed by atoms with Gasteiger partial charge in [0.1, 0.15) is 0 Å². The first-order chi connectivity index (χ1) is 14.3. The maximum Gasteiger partial charge on any atom is 0.252 e. The summed E-state index contributed by atoms with van der Waals surface area (Å²) in [5.74, 6) is -1.83. The molecule has 0 radical (unpaired) electrons. The van der Waals surface area contributed by atoms with E-state index in [9.17, 15) is 18.4 Å². The predicted octanol–water partition coefficient (Wildman–Crippen LogP) is 3.32. The second-order valence-electron chi connectivity index (χ2n) is 7.54. The average molecular weight is 434 g/mol. The number of hydrogen-bond acceptors (Lipinski definition) is 4. The molecule has 1 fully saturated rings. The van der Waals surface area contributed by atoms with E-state index in [-0.39, 0.29) is 29.7 Å². The Kier molecular flexibility index (Phi) is 7.10. The number of carbonyl (C=O) groups is 2. The minimum absolute atomic E-state index is 0.0361. The Labute approximate surface area is 179 Å². The first-order valence-corrected chi connectivity index (χ1v) is 10.6. The van der Waals surface area contributed by atoms with Crippen LogP contribution in [0.3, 0.4) is 0 Å². The van der Waals surface area contributed by atoms with Crippen molar-refractivity contribution in [2.24, 2.45) is 0 Å². The van der Waals surface area contributed by atoms with Crippen molar-refractivity contribution in [3.63, 3.8) is 0 Å². The monoisotopic (exact) mass is 433 g/mol. The lowest BCUT2D eigenvalue weighted by molar-refractivity contribution is -0.125. The van der Waals surface area contributed by atoms with Gasteiger partial charge in [-0.2, -0.15) is 0 Å². The van der Waals surface area contributed by atoms with Gasteiger partial charge >= 0.3 is 0 Å². The van der Waals surface area contributed by atoms with Crippen molar-refractivity contribution in [1.82, 2.24) is 15.1 Å². The van der Waals surface area contributed by atoms with E-state index in [0.717, 1.165) is 17.5 Å². The van der Waals surface area contributed by atoms with E-state index in [2.05, 4.69) is 5.32 Å². The lowest BCUT2D eigenvalue weighted by Gasteiger charge is -2.26. The number of halogens is 2. The van der Waals surface area contributed by atoms with Gasteiger partial charge in [0.25, 0.3) is 5.91 Å². The number of likely N-dealkylation sites (N-methyl/N-ethyl adjacent to an activating group) is 1. The quantitative estimate of drug-likeness (QED) is 0.711. The maximum atomic E-state index is 13.8. The van der Waals surface area contributed by atoms with Gasteiger partial charge in [-0.3, -0.25) is 14.5 Å². The van der Waals surface area contributed by atoms with Crippen LogP contribution in [0.1, 0.15) is 28.4 Å². The van der Waals surface area contributed by atoms with Gasteiger partial charge in [0.05, 0.1) is 23.4 Å². The van der Waals surface area contributed by atoms with Crippen molar-refractivity contribution in [3.05, 3.63) is 65.2 Å². The highest BCUT2D eigenvalue weighted by Crippen LogP contribution is 2.32. The number of nitrogens with one attached hydrogen (secondary N) is 1. The molecule has 1 heterocycles. The number of hydrogen-bond donors (Lipinski definition) is 1. The van der Waals surface area contributed by atoms with Crippen molar-refractivity contribution in [2.75, 3.05) is 33.4 Å². The zero-order valence-corrected chi connectivity index (χ0v) is 18.0. The van der Waals surface area contributed by atoms with Crippen LogP contribution in [0.25, 0.3) is 0 Å². The molecule has 2 atom stereocenters. The molecule has 1 N–H and O–H groups in total. The molecule has 0 unspecified atom stereocenters. The molecule has 0 aromatic heterocycles. The fourth-order valence-corrected chi connectivity index (χ4v) is 4.60. The van der Waals surface area contributed by atoms with Crippen LogP contribution in [0, 0.1) is 11.6 Å². The molecule has 160 valence electrons. The largest absolute Gasteiger partial charge is 0.348 e. The van der Waals surface area contributed by atoms with Gasteiger partial charge in [-0.05, 0) is 43.3 Å². The minimum atomic E-state index is -0.898. The third kappa shape index (κ3) is 4.99. The molecule has 2 aromatic rings. The predicted molar refractivity (Wildman–Crippen MR) is 113 cm³/mol. The number of benzene rings is 2. The average Bonchev–Trinajstić information content (AvgIpc) is 3.08. The molecule has 0 aliphatic carbocycles. The van der Waals surface area contributed by atoms with E-state index in [1.165, 1.54) is 22.7 Å². The van der Waals surface area contributed by atoms with Crippen LogP contribution in [0.5, 0.6) is 0 Å². The standard InChI is InChI=1S/C22H25F2N3O2S/c1-26(2)20(28)13-30-19-7-5-4-6-15(19)22(29)25-18-10-11-27(3)21(18)14-8-9-16(23)17(24)12-14/h4-9,12,18,21H,10-11,13H2,1-3H3,(H,25,29)/t18-,21+/m0/s1. The number of nitrogens with zero attached hydrogens (tertiary/aromatic N) is 2. The van der Waals surface area contributed by atoms with Gasteiger partial charge in [0.2, 0.25) is 5.91 Å². The highest BCUT2D eigenvalue weighted by molar-refractivity contribution is 8.00. The summed E-state index contributed by atoms with van der Waals surface area (Å²) in [6.45, 7) is 0.725. The number of thioether (sulfide) groups is 1. The van der Waals surface area contributed by atoms with Crippen LogP contribution >= 0.6 is 11.8 Å². The van der Waals surface area contributed by atoms with E-state index in [1.807, 2.05) is 24.1 Å². The molecule has 2 aromatic carbocycles. The summed E-state index contributed by atoms with van der Waals surface area (Å²) in [6.07, 6.45) is 0.695. The van der Waals surface area contributed by atoms with Crippen LogP contribution in [-0.2, 0) is 4.79 Å². The molecular weight excluding hydrogens is 408 g/mol. The number of carbonyl (C=O) groups excluding carboxylic acids is 2. The smallest absolute Gasteiger partial charge is 0.252 e. The number of amides is 2. The van der Waals surface area contributed by atoms with Gasteiger partial charge in [0, 0.05) is 25.5 Å². The molecule has 1 aliphatic rings. The zero-order chi connectivity index (χ0) is 21.8. The SMILES string of the molecule is CN(C)C(=O)CSc1ccccc1C(=O)N[C@H]1CCN(C)[C@@H]1c1ccc(F)c(F)c1. The molecule has 30 heavy (non-hydrogen) atoms. The highest BCUT2D eigenvalue weighted by Gasteiger charge is 2.35. The van der Waals surface area contributed by atoms with E-state index >= 15 is 0 Å². The van der Waals surface area contributed by atoms with Crippen LogP contribution in [0.4, 0.5) is 8.78 Å². The fraction of sp³-hybridized carbons (Fsp3) is 0.364. The van der Waals surface area contributed by atoms with Gasteiger partial charge in [-0.25, -0.2) is 8.78 Å². The van der Waals surface area contributed by atoms with E-state index in [1.54, 1.807) is 32.3 Å². The second kappa shape index (κ2) is 9.57. The summed E-state index contributed by atoms with van der Waals surface area (Å²) in [4.78, 5) is 29.2. The summed E-state index contributed by atoms with van der Waals surface area (Å²) in [7, 11) is 5.28. The highest BCUT2D eigenvalue weighted by atomic mass is 32.2. The van der Waals surface area contributed by atoms with Crippen molar-refractivity contribution in [1.29, 1.82) is 0 Å². The Morgan fingerprint density at radius 2 is 1.90 bits per heavy atom. The third-order valence-corrected chi connectivity index (χ3v) is 6.29. The van der Waals surface area contributed by atoms with Crippen LogP contribution in [0.15, 0.2) is 47.4 Å². The third-order valence-electron chi connectivity index (χ3n) is 5.23. The first-order valence-electron chi connectivity index (χ1n) is 9.66. The summed E-state index contributed by atoms with van der Waals surface area (Å²) < 4.78 is 27.1. The van der Waals surface area contributed by atoms with Gasteiger partial charge in [-0.1, -0.05) is 18.2 Å². The zero-order valence-electron chi connectivity index (χ0n) is 17.2. The molecular formula is C22H25F2N3O2S. The molecule has 5 nitrogen and oxygen atoms in total. The van der Waals surface area contributed by atoms with Gasteiger partial charge < -0.3 is 10.2 Å². The Hall–Kier alpha value is -2.45. The maximum absolute atomic E-state index is 13.8. The van der Waals surface area contributed by atoms with Crippen molar-refractivity contribution in [3.8, 4) is 0 Å². The normalized spacial score (nSPS) is 19.0. The lowest BCUT2D eigenvalue weighted by Crippen LogP contribution is -2.39. The molecule has 1 saturated heterocycles. The first kappa shape index (κ1) is 22.2. The Morgan fingerprint density at radius 3 is 2.60 bits per heavy atom. The summed E-state index contributed by atoms with van der Waals surface area (Å²) in [5, 5.41) is 3.05. The number of rotatable bonds is 6. The van der Waals surface area contributed by atoms with Gasteiger partial charge in [-0.15, -0.1) is 11.8 Å². The Balaban J connectivity index is 1.76. The topological polar surface area (TPSA) is 52.7 Å². The van der Waals surface area contributed by atoms with Crippen LogP contribution < -0.4 is 5.32 Å². The summed E-state index contributed by atoms with van der Waals surface area (Å²) in [6, 6.07) is 10.5. The lowest BCUT2D eigenvalue weighted by atomic mass is 9.99. The summed E-state index contributed by atoms with van der Waals surface area (Å²) in [5.41, 5.74) is 1.12. The van der Waals surface area contributed by atoms with Crippen molar-refractivity contribution >= 4 is 23.6 Å².